The molecule has 0 atom stereocenters. The predicted octanol–water partition coefficient (Wildman–Crippen LogP) is 5.95. The van der Waals surface area contributed by atoms with E-state index in [1.807, 2.05) is 31.2 Å². The maximum absolute atomic E-state index is 13.1. The third kappa shape index (κ3) is 6.48. The van der Waals surface area contributed by atoms with Crippen LogP contribution in [-0.4, -0.2) is 42.2 Å². The molecule has 8 nitrogen and oxygen atoms in total. The summed E-state index contributed by atoms with van der Waals surface area (Å²) in [6.07, 6.45) is 1.78. The van der Waals surface area contributed by atoms with Gasteiger partial charge in [0.2, 0.25) is 0 Å². The lowest BCUT2D eigenvalue weighted by molar-refractivity contribution is -0.122. The van der Waals surface area contributed by atoms with Crippen molar-refractivity contribution in [3.05, 3.63) is 93.9 Å². The van der Waals surface area contributed by atoms with Gasteiger partial charge < -0.3 is 14.2 Å². The molecule has 0 spiro atoms. The molecule has 9 heteroatoms. The Kier molecular flexibility index (Phi) is 9.02. The van der Waals surface area contributed by atoms with Crippen molar-refractivity contribution in [2.45, 2.75) is 20.5 Å². The highest BCUT2D eigenvalue weighted by atomic mass is 32.2. The average Bonchev–Trinajstić information content (AvgIpc) is 3.25. The first-order valence-corrected chi connectivity index (χ1v) is 13.1. The largest absolute Gasteiger partial charge is 0.493 e. The SMILES string of the molecule is CCOC(=O)c1cccc(N=C2SC(=Cc3ccc(OCc4ccccc4C#N)c(OC)c3)C(=O)N2CC)c1. The molecular weight excluding hydrogens is 514 g/mol. The first kappa shape index (κ1) is 27.5. The van der Waals surface area contributed by atoms with Gasteiger partial charge in [0, 0.05) is 12.1 Å². The summed E-state index contributed by atoms with van der Waals surface area (Å²) in [7, 11) is 1.55. The number of esters is 1. The van der Waals surface area contributed by atoms with E-state index >= 15 is 0 Å². The van der Waals surface area contributed by atoms with Gasteiger partial charge in [0.05, 0.1) is 41.5 Å². The molecule has 0 aromatic heterocycles. The molecule has 0 unspecified atom stereocenters. The number of amidine groups is 1. The number of amides is 1. The van der Waals surface area contributed by atoms with Crippen molar-refractivity contribution in [1.82, 2.24) is 4.90 Å². The number of nitrogens with zero attached hydrogens (tertiary/aromatic N) is 3. The number of carbonyl (C=O) groups excluding carboxylic acids is 2. The minimum atomic E-state index is -0.418. The predicted molar refractivity (Wildman–Crippen MR) is 151 cm³/mol. The van der Waals surface area contributed by atoms with Crippen LogP contribution in [0.3, 0.4) is 0 Å². The second-order valence-corrected chi connectivity index (χ2v) is 9.30. The van der Waals surface area contributed by atoms with Gasteiger partial charge in [0.25, 0.3) is 5.91 Å². The van der Waals surface area contributed by atoms with Crippen LogP contribution in [0.2, 0.25) is 0 Å². The fraction of sp³-hybridized carbons (Fsp3) is 0.200. The molecule has 0 N–H and O–H groups in total. The zero-order chi connectivity index (χ0) is 27.8. The smallest absolute Gasteiger partial charge is 0.338 e. The van der Waals surface area contributed by atoms with Gasteiger partial charge in [-0.2, -0.15) is 5.26 Å². The Balaban J connectivity index is 1.55. The molecule has 198 valence electrons. The molecule has 1 fully saturated rings. The van der Waals surface area contributed by atoms with Crippen LogP contribution in [0, 0.1) is 11.3 Å². The van der Waals surface area contributed by atoms with Crippen molar-refractivity contribution in [3.63, 3.8) is 0 Å². The molecule has 1 heterocycles. The summed E-state index contributed by atoms with van der Waals surface area (Å²) in [5, 5.41) is 9.83. The number of likely N-dealkylation sites (N-methyl/N-ethyl adjacent to an activating group) is 1. The molecule has 0 saturated carbocycles. The van der Waals surface area contributed by atoms with Crippen LogP contribution in [0.15, 0.2) is 76.6 Å². The minimum absolute atomic E-state index is 0.157. The molecule has 39 heavy (non-hydrogen) atoms. The molecule has 3 aromatic rings. The number of benzene rings is 3. The highest BCUT2D eigenvalue weighted by Gasteiger charge is 2.32. The molecule has 1 aliphatic heterocycles. The Morgan fingerprint density at radius 3 is 2.64 bits per heavy atom. The van der Waals surface area contributed by atoms with E-state index in [1.165, 1.54) is 11.8 Å². The first-order chi connectivity index (χ1) is 19.0. The number of hydrogen-bond donors (Lipinski definition) is 0. The van der Waals surface area contributed by atoms with Crippen LogP contribution in [0.4, 0.5) is 5.69 Å². The summed E-state index contributed by atoms with van der Waals surface area (Å²) in [4.78, 5) is 32.0. The zero-order valence-corrected chi connectivity index (χ0v) is 22.7. The third-order valence-electron chi connectivity index (χ3n) is 5.79. The van der Waals surface area contributed by atoms with E-state index < -0.39 is 5.97 Å². The van der Waals surface area contributed by atoms with E-state index in [0.717, 1.165) is 11.1 Å². The Bertz CT molecular complexity index is 1490. The number of aliphatic imine (C=N–C) groups is 1. The summed E-state index contributed by atoms with van der Waals surface area (Å²) in [5.41, 5.74) is 3.05. The molecule has 0 radical (unpaired) electrons. The number of ether oxygens (including phenoxy) is 3. The molecule has 1 aliphatic rings. The van der Waals surface area contributed by atoms with E-state index in [1.54, 1.807) is 67.5 Å². The summed E-state index contributed by atoms with van der Waals surface area (Å²) in [6, 6.07) is 21.6. The monoisotopic (exact) mass is 541 g/mol. The zero-order valence-electron chi connectivity index (χ0n) is 21.8. The number of carbonyl (C=O) groups is 2. The molecule has 1 saturated heterocycles. The Hall–Kier alpha value is -4.55. The van der Waals surface area contributed by atoms with Crippen molar-refractivity contribution in [3.8, 4) is 17.6 Å². The highest BCUT2D eigenvalue weighted by molar-refractivity contribution is 8.18. The second-order valence-electron chi connectivity index (χ2n) is 8.29. The molecular formula is C30H27N3O5S. The van der Waals surface area contributed by atoms with Gasteiger partial charge in [-0.1, -0.05) is 30.3 Å². The van der Waals surface area contributed by atoms with Gasteiger partial charge >= 0.3 is 5.97 Å². The Morgan fingerprint density at radius 2 is 1.90 bits per heavy atom. The highest BCUT2D eigenvalue weighted by Crippen LogP contribution is 2.36. The van der Waals surface area contributed by atoms with E-state index in [2.05, 4.69) is 11.1 Å². The average molecular weight is 542 g/mol. The Morgan fingerprint density at radius 1 is 1.08 bits per heavy atom. The van der Waals surface area contributed by atoms with Crippen LogP contribution in [0.1, 0.15) is 40.9 Å². The lowest BCUT2D eigenvalue weighted by atomic mass is 10.1. The number of rotatable bonds is 9. The number of methoxy groups -OCH3 is 1. The third-order valence-corrected chi connectivity index (χ3v) is 6.80. The van der Waals surface area contributed by atoms with Gasteiger partial charge in [0.15, 0.2) is 16.7 Å². The van der Waals surface area contributed by atoms with Gasteiger partial charge in [0.1, 0.15) is 6.61 Å². The second kappa shape index (κ2) is 12.8. The Labute approximate surface area is 231 Å². The summed E-state index contributed by atoms with van der Waals surface area (Å²) < 4.78 is 16.5. The summed E-state index contributed by atoms with van der Waals surface area (Å²) in [5.74, 6) is 0.455. The molecule has 0 aliphatic carbocycles. The maximum Gasteiger partial charge on any atom is 0.338 e. The minimum Gasteiger partial charge on any atom is -0.493 e. The summed E-state index contributed by atoms with van der Waals surface area (Å²) >= 11 is 1.26. The van der Waals surface area contributed by atoms with Crippen LogP contribution < -0.4 is 9.47 Å². The summed E-state index contributed by atoms with van der Waals surface area (Å²) in [6.45, 7) is 4.58. The molecule has 4 rings (SSSR count). The van der Waals surface area contributed by atoms with Crippen LogP contribution in [-0.2, 0) is 16.1 Å². The van der Waals surface area contributed by atoms with Crippen molar-refractivity contribution in [1.29, 1.82) is 5.26 Å². The normalized spacial score (nSPS) is 14.9. The van der Waals surface area contributed by atoms with Crippen molar-refractivity contribution in [2.24, 2.45) is 4.99 Å². The standard InChI is InChI=1S/C30H27N3O5S/c1-4-33-28(34)27(39-30(33)32-24-12-8-11-21(17-24)29(35)37-5-2)16-20-13-14-25(26(15-20)36-3)38-19-23-10-7-6-9-22(23)18-31/h6-17H,4-5,19H2,1-3H3. The van der Waals surface area contributed by atoms with Crippen molar-refractivity contribution >= 4 is 40.6 Å². The fourth-order valence-corrected chi connectivity index (χ4v) is 4.92. The first-order valence-electron chi connectivity index (χ1n) is 12.3. The fourth-order valence-electron chi connectivity index (χ4n) is 3.85. The topological polar surface area (TPSA) is 101 Å². The van der Waals surface area contributed by atoms with E-state index in [-0.39, 0.29) is 19.1 Å². The van der Waals surface area contributed by atoms with E-state index in [4.69, 9.17) is 14.2 Å². The van der Waals surface area contributed by atoms with Crippen LogP contribution in [0.5, 0.6) is 11.5 Å². The lowest BCUT2D eigenvalue weighted by Crippen LogP contribution is -2.28. The van der Waals surface area contributed by atoms with Crippen LogP contribution >= 0.6 is 11.8 Å². The lowest BCUT2D eigenvalue weighted by Gasteiger charge is -2.12. The van der Waals surface area contributed by atoms with Gasteiger partial charge in [-0.05, 0) is 73.6 Å². The maximum atomic E-state index is 13.1. The van der Waals surface area contributed by atoms with Gasteiger partial charge in [-0.25, -0.2) is 9.79 Å². The van der Waals surface area contributed by atoms with Crippen LogP contribution in [0.25, 0.3) is 6.08 Å². The van der Waals surface area contributed by atoms with E-state index in [9.17, 15) is 14.9 Å². The van der Waals surface area contributed by atoms with Crippen molar-refractivity contribution < 1.29 is 23.8 Å². The number of thioether (sulfide) groups is 1. The quantitative estimate of drug-likeness (QED) is 0.244. The van der Waals surface area contributed by atoms with Gasteiger partial charge in [-0.15, -0.1) is 0 Å². The van der Waals surface area contributed by atoms with Gasteiger partial charge in [-0.3, -0.25) is 9.69 Å². The molecule has 0 bridgehead atoms. The molecule has 3 aromatic carbocycles. The van der Waals surface area contributed by atoms with Crippen molar-refractivity contribution in [2.75, 3.05) is 20.3 Å². The number of nitriles is 1. The number of hydrogen-bond acceptors (Lipinski definition) is 8. The molecule has 1 amide bonds. The van der Waals surface area contributed by atoms with E-state index in [0.29, 0.717) is 44.9 Å².